The molecule has 2 aliphatic heterocycles. The van der Waals surface area contributed by atoms with Crippen molar-refractivity contribution < 1.29 is 19.0 Å². The standard InChI is InChI=1S/C18H25FN2O3/c19-16-3-1-14(2-4-16)18(23)15-5-7-21(8-6-15)17(22)13-20-9-11-24-12-10-20/h1-4,15,18,23H,5-13H2. The van der Waals surface area contributed by atoms with E-state index in [2.05, 4.69) is 4.90 Å². The Morgan fingerprint density at radius 1 is 1.17 bits per heavy atom. The first kappa shape index (κ1) is 17.3. The fourth-order valence-electron chi connectivity index (χ4n) is 3.45. The van der Waals surface area contributed by atoms with Crippen molar-refractivity contribution >= 4 is 5.91 Å². The van der Waals surface area contributed by atoms with Gasteiger partial charge < -0.3 is 14.7 Å². The van der Waals surface area contributed by atoms with Gasteiger partial charge in [0.25, 0.3) is 0 Å². The number of rotatable bonds is 4. The monoisotopic (exact) mass is 336 g/mol. The molecule has 0 aliphatic carbocycles. The molecule has 2 aliphatic rings. The number of nitrogens with zero attached hydrogens (tertiary/aromatic N) is 2. The number of hydrogen-bond acceptors (Lipinski definition) is 4. The Balaban J connectivity index is 1.47. The van der Waals surface area contributed by atoms with Gasteiger partial charge in [-0.1, -0.05) is 12.1 Å². The summed E-state index contributed by atoms with van der Waals surface area (Å²) in [6.45, 7) is 4.81. The molecular weight excluding hydrogens is 311 g/mol. The molecular formula is C18H25FN2O3. The summed E-state index contributed by atoms with van der Waals surface area (Å²) in [4.78, 5) is 16.4. The van der Waals surface area contributed by atoms with Crippen molar-refractivity contribution in [2.45, 2.75) is 18.9 Å². The Hall–Kier alpha value is -1.50. The van der Waals surface area contributed by atoms with Gasteiger partial charge in [0.2, 0.25) is 5.91 Å². The number of morpholine rings is 1. The van der Waals surface area contributed by atoms with Crippen LogP contribution in [0.4, 0.5) is 4.39 Å². The summed E-state index contributed by atoms with van der Waals surface area (Å²) in [6.07, 6.45) is 0.947. The maximum Gasteiger partial charge on any atom is 0.236 e. The van der Waals surface area contributed by atoms with Gasteiger partial charge in [-0.3, -0.25) is 9.69 Å². The third-order valence-electron chi connectivity index (χ3n) is 5.01. The SMILES string of the molecule is O=C(CN1CCOCC1)N1CCC(C(O)c2ccc(F)cc2)CC1. The number of likely N-dealkylation sites (tertiary alicyclic amines) is 1. The second kappa shape index (κ2) is 8.05. The molecule has 1 unspecified atom stereocenters. The van der Waals surface area contributed by atoms with Crippen LogP contribution in [0.1, 0.15) is 24.5 Å². The maximum atomic E-state index is 13.0. The minimum absolute atomic E-state index is 0.114. The van der Waals surface area contributed by atoms with E-state index < -0.39 is 6.10 Å². The number of hydrogen-bond donors (Lipinski definition) is 1. The quantitative estimate of drug-likeness (QED) is 0.904. The van der Waals surface area contributed by atoms with Crippen LogP contribution in [0, 0.1) is 11.7 Å². The maximum absolute atomic E-state index is 13.0. The van der Waals surface area contributed by atoms with E-state index in [0.29, 0.717) is 32.8 Å². The number of ether oxygens (including phenoxy) is 1. The van der Waals surface area contributed by atoms with Gasteiger partial charge in [0, 0.05) is 26.2 Å². The van der Waals surface area contributed by atoms with Crippen LogP contribution in [-0.4, -0.2) is 66.8 Å². The highest BCUT2D eigenvalue weighted by Gasteiger charge is 2.29. The molecule has 0 radical (unpaired) electrons. The number of benzene rings is 1. The number of carbonyl (C=O) groups is 1. The van der Waals surface area contributed by atoms with E-state index in [0.717, 1.165) is 31.5 Å². The van der Waals surface area contributed by atoms with Gasteiger partial charge in [0.05, 0.1) is 25.9 Å². The lowest BCUT2D eigenvalue weighted by atomic mass is 9.87. The number of piperidine rings is 1. The zero-order valence-corrected chi connectivity index (χ0v) is 13.9. The number of aliphatic hydroxyl groups excluding tert-OH is 1. The third kappa shape index (κ3) is 4.32. The van der Waals surface area contributed by atoms with Gasteiger partial charge in [-0.25, -0.2) is 4.39 Å². The molecule has 0 bridgehead atoms. The van der Waals surface area contributed by atoms with E-state index in [9.17, 15) is 14.3 Å². The summed E-state index contributed by atoms with van der Waals surface area (Å²) < 4.78 is 18.3. The molecule has 2 saturated heterocycles. The molecule has 2 fully saturated rings. The predicted octanol–water partition coefficient (Wildman–Crippen LogP) is 1.43. The normalized spacial score (nSPS) is 21.7. The molecule has 2 heterocycles. The third-order valence-corrected chi connectivity index (χ3v) is 5.01. The molecule has 5 nitrogen and oxygen atoms in total. The highest BCUT2D eigenvalue weighted by atomic mass is 19.1. The Kier molecular flexibility index (Phi) is 5.81. The topological polar surface area (TPSA) is 53.0 Å². The highest BCUT2D eigenvalue weighted by molar-refractivity contribution is 5.78. The summed E-state index contributed by atoms with van der Waals surface area (Å²) in [7, 11) is 0. The van der Waals surface area contributed by atoms with Crippen LogP contribution >= 0.6 is 0 Å². The van der Waals surface area contributed by atoms with E-state index in [1.807, 2.05) is 4.90 Å². The molecule has 24 heavy (non-hydrogen) atoms. The van der Waals surface area contributed by atoms with E-state index >= 15 is 0 Å². The Morgan fingerprint density at radius 2 is 1.79 bits per heavy atom. The summed E-state index contributed by atoms with van der Waals surface area (Å²) in [5.74, 6) is -0.0241. The van der Waals surface area contributed by atoms with Crippen molar-refractivity contribution in [3.8, 4) is 0 Å². The molecule has 1 aromatic rings. The van der Waals surface area contributed by atoms with E-state index in [-0.39, 0.29) is 17.6 Å². The average molecular weight is 336 g/mol. The lowest BCUT2D eigenvalue weighted by Gasteiger charge is -2.36. The predicted molar refractivity (Wildman–Crippen MR) is 87.9 cm³/mol. The molecule has 6 heteroatoms. The number of halogens is 1. The first-order valence-electron chi connectivity index (χ1n) is 8.65. The van der Waals surface area contributed by atoms with Crippen LogP contribution in [0.5, 0.6) is 0 Å². The van der Waals surface area contributed by atoms with Crippen molar-refractivity contribution in [2.75, 3.05) is 45.9 Å². The van der Waals surface area contributed by atoms with Crippen molar-refractivity contribution in [3.63, 3.8) is 0 Å². The fraction of sp³-hybridized carbons (Fsp3) is 0.611. The minimum atomic E-state index is -0.595. The van der Waals surface area contributed by atoms with E-state index in [1.165, 1.54) is 12.1 Å². The second-order valence-corrected chi connectivity index (χ2v) is 6.60. The highest BCUT2D eigenvalue weighted by Crippen LogP contribution is 2.30. The van der Waals surface area contributed by atoms with Gasteiger partial charge in [-0.15, -0.1) is 0 Å². The molecule has 0 spiro atoms. The lowest BCUT2D eigenvalue weighted by molar-refractivity contribution is -0.135. The Bertz CT molecular complexity index is 538. The Labute approximate surface area is 142 Å². The molecule has 1 atom stereocenters. The van der Waals surface area contributed by atoms with Crippen LogP contribution in [0.3, 0.4) is 0 Å². The molecule has 132 valence electrons. The number of amides is 1. The van der Waals surface area contributed by atoms with Crippen molar-refractivity contribution in [2.24, 2.45) is 5.92 Å². The van der Waals surface area contributed by atoms with Gasteiger partial charge in [-0.05, 0) is 36.5 Å². The zero-order valence-electron chi connectivity index (χ0n) is 13.9. The van der Waals surface area contributed by atoms with Crippen LogP contribution in [0.2, 0.25) is 0 Å². The van der Waals surface area contributed by atoms with Crippen LogP contribution in [-0.2, 0) is 9.53 Å². The molecule has 1 aromatic carbocycles. The van der Waals surface area contributed by atoms with Gasteiger partial charge >= 0.3 is 0 Å². The average Bonchev–Trinajstić information content (AvgIpc) is 2.63. The first-order valence-corrected chi connectivity index (χ1v) is 8.65. The summed E-state index contributed by atoms with van der Waals surface area (Å²) in [5, 5.41) is 10.5. The molecule has 0 aromatic heterocycles. The zero-order chi connectivity index (χ0) is 16.9. The summed E-state index contributed by atoms with van der Waals surface area (Å²) >= 11 is 0. The van der Waals surface area contributed by atoms with Gasteiger partial charge in [-0.2, -0.15) is 0 Å². The van der Waals surface area contributed by atoms with Crippen LogP contribution < -0.4 is 0 Å². The number of aliphatic hydroxyl groups is 1. The second-order valence-electron chi connectivity index (χ2n) is 6.60. The first-order chi connectivity index (χ1) is 11.6. The van der Waals surface area contributed by atoms with Crippen molar-refractivity contribution in [3.05, 3.63) is 35.6 Å². The fourth-order valence-corrected chi connectivity index (χ4v) is 3.45. The van der Waals surface area contributed by atoms with Crippen LogP contribution in [0.15, 0.2) is 24.3 Å². The molecule has 3 rings (SSSR count). The Morgan fingerprint density at radius 3 is 2.42 bits per heavy atom. The summed E-state index contributed by atoms with van der Waals surface area (Å²) in [6, 6.07) is 6.02. The smallest absolute Gasteiger partial charge is 0.236 e. The van der Waals surface area contributed by atoms with Gasteiger partial charge in [0.1, 0.15) is 5.82 Å². The largest absolute Gasteiger partial charge is 0.388 e. The van der Waals surface area contributed by atoms with Gasteiger partial charge in [0.15, 0.2) is 0 Å². The van der Waals surface area contributed by atoms with Crippen molar-refractivity contribution in [1.82, 2.24) is 9.80 Å². The lowest BCUT2D eigenvalue weighted by Crippen LogP contribution is -2.47. The molecule has 1 N–H and O–H groups in total. The van der Waals surface area contributed by atoms with E-state index in [4.69, 9.17) is 4.74 Å². The molecule has 1 amide bonds. The van der Waals surface area contributed by atoms with E-state index in [1.54, 1.807) is 12.1 Å². The summed E-state index contributed by atoms with van der Waals surface area (Å²) in [5.41, 5.74) is 0.745. The molecule has 0 saturated carbocycles. The van der Waals surface area contributed by atoms with Crippen molar-refractivity contribution in [1.29, 1.82) is 0 Å². The van der Waals surface area contributed by atoms with Crippen LogP contribution in [0.25, 0.3) is 0 Å². The number of carbonyl (C=O) groups excluding carboxylic acids is 1. The minimum Gasteiger partial charge on any atom is -0.388 e.